The van der Waals surface area contributed by atoms with Crippen molar-refractivity contribution in [1.29, 1.82) is 0 Å². The third-order valence-electron chi connectivity index (χ3n) is 3.19. The van der Waals surface area contributed by atoms with Crippen molar-refractivity contribution in [3.63, 3.8) is 0 Å². The number of anilines is 1. The van der Waals surface area contributed by atoms with Gasteiger partial charge in [0.25, 0.3) is 5.91 Å². The van der Waals surface area contributed by atoms with Gasteiger partial charge in [0.1, 0.15) is 5.82 Å². The molecular weight excluding hydrogens is 333 g/mol. The fourth-order valence-corrected chi connectivity index (χ4v) is 2.35. The number of hydrogen-bond acceptors (Lipinski definition) is 1. The van der Waals surface area contributed by atoms with E-state index in [0.29, 0.717) is 15.7 Å². The lowest BCUT2D eigenvalue weighted by Crippen LogP contribution is -2.11. The number of carbonyl (C=O) groups is 1. The van der Waals surface area contributed by atoms with Crippen LogP contribution in [0.5, 0.6) is 0 Å². The molecule has 0 saturated heterocycles. The van der Waals surface area contributed by atoms with Crippen molar-refractivity contribution in [1.82, 2.24) is 0 Å². The number of hydrogen-bond donors (Lipinski definition) is 1. The smallest absolute Gasteiger partial charge is 0.255 e. The minimum Gasteiger partial charge on any atom is -0.322 e. The quantitative estimate of drug-likeness (QED) is 0.697. The predicted octanol–water partition coefficient (Wildman–Crippen LogP) is 4.99. The monoisotopic (exact) mass is 343 g/mol. The van der Waals surface area contributed by atoms with Gasteiger partial charge in [-0.05, 0) is 57.0 Å². The van der Waals surface area contributed by atoms with Gasteiger partial charge in [0.15, 0.2) is 0 Å². The van der Waals surface area contributed by atoms with Crippen LogP contribution in [0.4, 0.5) is 10.1 Å². The summed E-state index contributed by atoms with van der Waals surface area (Å²) >= 11 is 3.08. The van der Waals surface area contributed by atoms with E-state index in [9.17, 15) is 9.18 Å². The fraction of sp³-hybridized carbons (Fsp3) is 0. The van der Waals surface area contributed by atoms with E-state index in [2.05, 4.69) is 21.2 Å². The van der Waals surface area contributed by atoms with Crippen LogP contribution in [0.2, 0.25) is 0 Å². The van der Waals surface area contributed by atoms with Gasteiger partial charge in [-0.3, -0.25) is 4.79 Å². The molecule has 1 amide bonds. The largest absolute Gasteiger partial charge is 0.322 e. The summed E-state index contributed by atoms with van der Waals surface area (Å²) in [7, 11) is 0. The van der Waals surface area contributed by atoms with Gasteiger partial charge in [0.2, 0.25) is 0 Å². The van der Waals surface area contributed by atoms with Crippen molar-refractivity contribution in [2.45, 2.75) is 0 Å². The molecule has 2 nitrogen and oxygen atoms in total. The molecule has 21 heavy (non-hydrogen) atoms. The summed E-state index contributed by atoms with van der Waals surface area (Å²) in [5.74, 6) is -0.672. The SMILES string of the molecule is O=C(Nc1ccc(Br)c(F)c1)c1ccc2ccccc2c1. The Kier molecular flexibility index (Phi) is 3.71. The molecule has 0 saturated carbocycles. The zero-order chi connectivity index (χ0) is 14.8. The Hall–Kier alpha value is -2.20. The van der Waals surface area contributed by atoms with E-state index in [0.717, 1.165) is 10.8 Å². The van der Waals surface area contributed by atoms with Gasteiger partial charge in [-0.2, -0.15) is 0 Å². The average molecular weight is 344 g/mol. The lowest BCUT2D eigenvalue weighted by Gasteiger charge is -2.07. The summed E-state index contributed by atoms with van der Waals surface area (Å²) < 4.78 is 13.8. The highest BCUT2D eigenvalue weighted by Crippen LogP contribution is 2.21. The molecule has 0 aliphatic heterocycles. The van der Waals surface area contributed by atoms with Gasteiger partial charge in [-0.15, -0.1) is 0 Å². The van der Waals surface area contributed by atoms with Crippen LogP contribution in [0.1, 0.15) is 10.4 Å². The van der Waals surface area contributed by atoms with Gasteiger partial charge < -0.3 is 5.32 Å². The molecule has 0 unspecified atom stereocenters. The maximum atomic E-state index is 13.4. The van der Waals surface area contributed by atoms with Crippen molar-refractivity contribution in [3.05, 3.63) is 76.5 Å². The Bertz CT molecular complexity index is 832. The molecule has 0 bridgehead atoms. The van der Waals surface area contributed by atoms with Crippen molar-refractivity contribution in [2.75, 3.05) is 5.32 Å². The van der Waals surface area contributed by atoms with E-state index in [-0.39, 0.29) is 5.91 Å². The molecule has 0 aliphatic rings. The van der Waals surface area contributed by atoms with Crippen LogP contribution in [0.15, 0.2) is 65.1 Å². The summed E-state index contributed by atoms with van der Waals surface area (Å²) in [6.07, 6.45) is 0. The van der Waals surface area contributed by atoms with Crippen molar-refractivity contribution >= 4 is 38.3 Å². The van der Waals surface area contributed by atoms with Crippen LogP contribution in [0.25, 0.3) is 10.8 Å². The highest BCUT2D eigenvalue weighted by atomic mass is 79.9. The fourth-order valence-electron chi connectivity index (χ4n) is 2.11. The molecule has 0 spiro atoms. The Morgan fingerprint density at radius 2 is 1.71 bits per heavy atom. The predicted molar refractivity (Wildman–Crippen MR) is 86.0 cm³/mol. The standard InChI is InChI=1S/C17H11BrFNO/c18-15-8-7-14(10-16(15)19)20-17(21)13-6-5-11-3-1-2-4-12(11)9-13/h1-10H,(H,20,21). The number of rotatable bonds is 2. The van der Waals surface area contributed by atoms with Crippen LogP contribution in [-0.2, 0) is 0 Å². The molecule has 0 aliphatic carbocycles. The third-order valence-corrected chi connectivity index (χ3v) is 3.83. The van der Waals surface area contributed by atoms with E-state index in [1.807, 2.05) is 36.4 Å². The Balaban J connectivity index is 1.87. The lowest BCUT2D eigenvalue weighted by molar-refractivity contribution is 0.102. The number of fused-ring (bicyclic) bond motifs is 1. The first-order valence-electron chi connectivity index (χ1n) is 6.39. The molecular formula is C17H11BrFNO. The van der Waals surface area contributed by atoms with Gasteiger partial charge in [0, 0.05) is 11.3 Å². The second kappa shape index (κ2) is 5.66. The number of nitrogens with one attached hydrogen (secondary N) is 1. The summed E-state index contributed by atoms with van der Waals surface area (Å²) in [6.45, 7) is 0. The van der Waals surface area contributed by atoms with E-state index in [4.69, 9.17) is 0 Å². The minimum atomic E-state index is -0.411. The van der Waals surface area contributed by atoms with Crippen molar-refractivity contribution < 1.29 is 9.18 Å². The van der Waals surface area contributed by atoms with Crippen molar-refractivity contribution in [2.24, 2.45) is 0 Å². The Labute approximate surface area is 129 Å². The normalized spacial score (nSPS) is 10.6. The molecule has 0 aromatic heterocycles. The summed E-state index contributed by atoms with van der Waals surface area (Å²) in [5.41, 5.74) is 0.964. The molecule has 0 atom stereocenters. The van der Waals surface area contributed by atoms with E-state index >= 15 is 0 Å². The molecule has 0 fully saturated rings. The van der Waals surface area contributed by atoms with E-state index in [1.54, 1.807) is 18.2 Å². The molecule has 3 rings (SSSR count). The zero-order valence-electron chi connectivity index (χ0n) is 10.9. The highest BCUT2D eigenvalue weighted by Gasteiger charge is 2.08. The second-order valence-corrected chi connectivity index (χ2v) is 5.50. The average Bonchev–Trinajstić information content (AvgIpc) is 2.50. The number of benzene rings is 3. The van der Waals surface area contributed by atoms with Crippen LogP contribution >= 0.6 is 15.9 Å². The summed E-state index contributed by atoms with van der Waals surface area (Å²) in [5, 5.41) is 4.76. The van der Waals surface area contributed by atoms with Crippen LogP contribution in [0, 0.1) is 5.82 Å². The van der Waals surface area contributed by atoms with Crippen molar-refractivity contribution in [3.8, 4) is 0 Å². The molecule has 3 aromatic carbocycles. The molecule has 4 heteroatoms. The van der Waals surface area contributed by atoms with Gasteiger partial charge in [-0.1, -0.05) is 30.3 Å². The van der Waals surface area contributed by atoms with E-state index < -0.39 is 5.82 Å². The van der Waals surface area contributed by atoms with Gasteiger partial charge >= 0.3 is 0 Å². The lowest BCUT2D eigenvalue weighted by atomic mass is 10.1. The first kappa shape index (κ1) is 13.8. The van der Waals surface area contributed by atoms with Crippen LogP contribution < -0.4 is 5.32 Å². The second-order valence-electron chi connectivity index (χ2n) is 4.64. The van der Waals surface area contributed by atoms with Gasteiger partial charge in [0.05, 0.1) is 4.47 Å². The zero-order valence-corrected chi connectivity index (χ0v) is 12.5. The van der Waals surface area contributed by atoms with Gasteiger partial charge in [-0.25, -0.2) is 4.39 Å². The maximum Gasteiger partial charge on any atom is 0.255 e. The number of halogens is 2. The summed E-state index contributed by atoms with van der Waals surface area (Å²) in [4.78, 5) is 12.2. The molecule has 3 aromatic rings. The molecule has 0 radical (unpaired) electrons. The minimum absolute atomic E-state index is 0.262. The molecule has 104 valence electrons. The number of amides is 1. The van der Waals surface area contributed by atoms with Crippen LogP contribution in [0.3, 0.4) is 0 Å². The maximum absolute atomic E-state index is 13.4. The molecule has 1 N–H and O–H groups in total. The highest BCUT2D eigenvalue weighted by molar-refractivity contribution is 9.10. The Morgan fingerprint density at radius 3 is 2.48 bits per heavy atom. The topological polar surface area (TPSA) is 29.1 Å². The van der Waals surface area contributed by atoms with E-state index in [1.165, 1.54) is 6.07 Å². The Morgan fingerprint density at radius 1 is 0.952 bits per heavy atom. The van der Waals surface area contributed by atoms with Crippen LogP contribution in [-0.4, -0.2) is 5.91 Å². The third kappa shape index (κ3) is 2.95. The first-order valence-corrected chi connectivity index (χ1v) is 7.18. The number of carbonyl (C=O) groups excluding carboxylic acids is 1. The molecule has 0 heterocycles. The summed E-state index contributed by atoms with van der Waals surface area (Å²) in [6, 6.07) is 17.8. The first-order chi connectivity index (χ1) is 10.1.